The van der Waals surface area contributed by atoms with Crippen molar-refractivity contribution in [3.63, 3.8) is 0 Å². The standard InChI is InChI=1S/C16H28O5/c1-12(2)15(9-10-17)7-8-16(21-14(4)19)6-5-11-20-13(3)18/h10,12,15-16H,5-9,11H2,1-4H3. The van der Waals surface area contributed by atoms with Crippen LogP contribution in [0.3, 0.4) is 0 Å². The van der Waals surface area contributed by atoms with E-state index < -0.39 is 0 Å². The van der Waals surface area contributed by atoms with Crippen LogP contribution in [-0.2, 0) is 23.9 Å². The largest absolute Gasteiger partial charge is 0.466 e. The first-order valence-electron chi connectivity index (χ1n) is 7.61. The Balaban J connectivity index is 4.23. The van der Waals surface area contributed by atoms with Crippen molar-refractivity contribution < 1.29 is 23.9 Å². The van der Waals surface area contributed by atoms with Gasteiger partial charge in [-0.2, -0.15) is 0 Å². The molecule has 5 nitrogen and oxygen atoms in total. The molecule has 0 spiro atoms. The van der Waals surface area contributed by atoms with E-state index in [1.165, 1.54) is 13.8 Å². The predicted molar refractivity (Wildman–Crippen MR) is 79.7 cm³/mol. The molecule has 0 rings (SSSR count). The van der Waals surface area contributed by atoms with E-state index in [0.717, 1.165) is 19.1 Å². The maximum absolute atomic E-state index is 11.1. The van der Waals surface area contributed by atoms with Crippen LogP contribution in [0.1, 0.15) is 59.8 Å². The fourth-order valence-electron chi connectivity index (χ4n) is 2.27. The summed E-state index contributed by atoms with van der Waals surface area (Å²) >= 11 is 0. The lowest BCUT2D eigenvalue weighted by Crippen LogP contribution is -2.20. The van der Waals surface area contributed by atoms with Crippen LogP contribution in [0.25, 0.3) is 0 Å². The fraction of sp³-hybridized carbons (Fsp3) is 0.812. The summed E-state index contributed by atoms with van der Waals surface area (Å²) in [5, 5.41) is 0. The number of aldehydes is 1. The molecule has 2 unspecified atom stereocenters. The van der Waals surface area contributed by atoms with Crippen LogP contribution in [0.15, 0.2) is 0 Å². The van der Waals surface area contributed by atoms with Crippen LogP contribution in [-0.4, -0.2) is 30.9 Å². The molecule has 2 atom stereocenters. The average molecular weight is 300 g/mol. The molecule has 5 heteroatoms. The third kappa shape index (κ3) is 11.0. The highest BCUT2D eigenvalue weighted by molar-refractivity contribution is 5.66. The zero-order valence-electron chi connectivity index (χ0n) is 13.6. The summed E-state index contributed by atoms with van der Waals surface area (Å²) in [6.45, 7) is 7.29. The fourth-order valence-corrected chi connectivity index (χ4v) is 2.27. The molecular formula is C16H28O5. The van der Waals surface area contributed by atoms with E-state index in [4.69, 9.17) is 9.47 Å². The second-order valence-corrected chi connectivity index (χ2v) is 5.70. The molecular weight excluding hydrogens is 272 g/mol. The highest BCUT2D eigenvalue weighted by atomic mass is 16.5. The van der Waals surface area contributed by atoms with Crippen LogP contribution in [0.4, 0.5) is 0 Å². The molecule has 21 heavy (non-hydrogen) atoms. The molecule has 0 saturated carbocycles. The number of hydrogen-bond donors (Lipinski definition) is 0. The summed E-state index contributed by atoms with van der Waals surface area (Å²) in [4.78, 5) is 32.5. The predicted octanol–water partition coefficient (Wildman–Crippen LogP) is 2.90. The zero-order valence-corrected chi connectivity index (χ0v) is 13.6. The lowest BCUT2D eigenvalue weighted by Gasteiger charge is -2.22. The van der Waals surface area contributed by atoms with Crippen LogP contribution in [0.5, 0.6) is 0 Å². The van der Waals surface area contributed by atoms with Crippen LogP contribution < -0.4 is 0 Å². The van der Waals surface area contributed by atoms with Gasteiger partial charge in [0.25, 0.3) is 0 Å². The minimum atomic E-state index is -0.302. The molecule has 0 amide bonds. The van der Waals surface area contributed by atoms with Crippen LogP contribution in [0.2, 0.25) is 0 Å². The van der Waals surface area contributed by atoms with E-state index in [1.54, 1.807) is 0 Å². The highest BCUT2D eigenvalue weighted by Crippen LogP contribution is 2.23. The number of hydrogen-bond acceptors (Lipinski definition) is 5. The first-order valence-corrected chi connectivity index (χ1v) is 7.61. The Kier molecular flexibility index (Phi) is 10.5. The van der Waals surface area contributed by atoms with Gasteiger partial charge in [0, 0.05) is 20.3 Å². The van der Waals surface area contributed by atoms with Crippen LogP contribution in [0, 0.1) is 11.8 Å². The third-order valence-corrected chi connectivity index (χ3v) is 3.51. The Hall–Kier alpha value is -1.39. The molecule has 0 N–H and O–H groups in total. The molecule has 0 saturated heterocycles. The Bertz CT molecular complexity index is 325. The van der Waals surface area contributed by atoms with Gasteiger partial charge >= 0.3 is 11.9 Å². The molecule has 0 aliphatic carbocycles. The van der Waals surface area contributed by atoms with Crippen molar-refractivity contribution in [2.75, 3.05) is 6.61 Å². The van der Waals surface area contributed by atoms with Crippen molar-refractivity contribution in [3.05, 3.63) is 0 Å². The summed E-state index contributed by atoms with van der Waals surface area (Å²) < 4.78 is 10.2. The summed E-state index contributed by atoms with van der Waals surface area (Å²) in [6, 6.07) is 0. The minimum absolute atomic E-state index is 0.175. The second-order valence-electron chi connectivity index (χ2n) is 5.70. The summed E-state index contributed by atoms with van der Waals surface area (Å²) in [5.41, 5.74) is 0. The minimum Gasteiger partial charge on any atom is -0.466 e. The van der Waals surface area contributed by atoms with Gasteiger partial charge in [-0.3, -0.25) is 9.59 Å². The first kappa shape index (κ1) is 19.6. The lowest BCUT2D eigenvalue weighted by molar-refractivity contribution is -0.148. The lowest BCUT2D eigenvalue weighted by atomic mass is 9.87. The van der Waals surface area contributed by atoms with Gasteiger partial charge < -0.3 is 14.3 Å². The maximum atomic E-state index is 11.1. The molecule has 0 bridgehead atoms. The van der Waals surface area contributed by atoms with Crippen molar-refractivity contribution in [2.45, 2.75) is 65.9 Å². The Morgan fingerprint density at radius 3 is 2.19 bits per heavy atom. The number of esters is 2. The van der Waals surface area contributed by atoms with Gasteiger partial charge in [0.2, 0.25) is 0 Å². The smallest absolute Gasteiger partial charge is 0.302 e. The molecule has 0 aromatic carbocycles. The molecule has 0 aliphatic heterocycles. The van der Waals surface area contributed by atoms with Gasteiger partial charge in [-0.25, -0.2) is 0 Å². The van der Waals surface area contributed by atoms with Crippen molar-refractivity contribution in [2.24, 2.45) is 11.8 Å². The Labute approximate surface area is 127 Å². The number of rotatable bonds is 11. The molecule has 0 aromatic rings. The molecule has 0 aromatic heterocycles. The third-order valence-electron chi connectivity index (χ3n) is 3.51. The van der Waals surface area contributed by atoms with Gasteiger partial charge in [-0.05, 0) is 37.5 Å². The summed E-state index contributed by atoms with van der Waals surface area (Å²) in [5.74, 6) is 0.136. The molecule has 122 valence electrons. The monoisotopic (exact) mass is 300 g/mol. The molecule has 0 heterocycles. The molecule has 0 radical (unpaired) electrons. The Morgan fingerprint density at radius 1 is 1.05 bits per heavy atom. The number of carbonyl (C=O) groups excluding carboxylic acids is 3. The zero-order chi connectivity index (χ0) is 16.3. The number of carbonyl (C=O) groups is 3. The van der Waals surface area contributed by atoms with E-state index in [0.29, 0.717) is 37.7 Å². The van der Waals surface area contributed by atoms with Gasteiger partial charge in [-0.1, -0.05) is 13.8 Å². The first-order chi connectivity index (χ1) is 9.86. The van der Waals surface area contributed by atoms with Gasteiger partial charge in [0.15, 0.2) is 0 Å². The van der Waals surface area contributed by atoms with E-state index >= 15 is 0 Å². The summed E-state index contributed by atoms with van der Waals surface area (Å²) in [7, 11) is 0. The SMILES string of the molecule is CC(=O)OCCCC(CCC(CC=O)C(C)C)OC(C)=O. The van der Waals surface area contributed by atoms with Crippen molar-refractivity contribution in [1.29, 1.82) is 0 Å². The quantitative estimate of drug-likeness (QED) is 0.333. The topological polar surface area (TPSA) is 69.7 Å². The van der Waals surface area contributed by atoms with Crippen molar-refractivity contribution in [1.82, 2.24) is 0 Å². The van der Waals surface area contributed by atoms with Gasteiger partial charge in [-0.15, -0.1) is 0 Å². The molecule has 0 fully saturated rings. The van der Waals surface area contributed by atoms with Crippen molar-refractivity contribution in [3.8, 4) is 0 Å². The highest BCUT2D eigenvalue weighted by Gasteiger charge is 2.18. The average Bonchev–Trinajstić information content (AvgIpc) is 2.37. The Morgan fingerprint density at radius 2 is 1.71 bits per heavy atom. The van der Waals surface area contributed by atoms with E-state index in [1.807, 2.05) is 0 Å². The summed E-state index contributed by atoms with van der Waals surface area (Å²) in [6.07, 6.45) is 4.23. The van der Waals surface area contributed by atoms with E-state index in [2.05, 4.69) is 13.8 Å². The molecule has 0 aliphatic rings. The normalized spacial score (nSPS) is 13.6. The maximum Gasteiger partial charge on any atom is 0.302 e. The number of ether oxygens (including phenoxy) is 2. The van der Waals surface area contributed by atoms with Crippen LogP contribution >= 0.6 is 0 Å². The van der Waals surface area contributed by atoms with E-state index in [-0.39, 0.29) is 18.0 Å². The van der Waals surface area contributed by atoms with Crippen molar-refractivity contribution >= 4 is 18.2 Å². The second kappa shape index (κ2) is 11.3. The van der Waals surface area contributed by atoms with Gasteiger partial charge in [0.1, 0.15) is 12.4 Å². The van der Waals surface area contributed by atoms with E-state index in [9.17, 15) is 14.4 Å². The van der Waals surface area contributed by atoms with Gasteiger partial charge in [0.05, 0.1) is 6.61 Å².